The molecule has 1 fully saturated rings. The standard InChI is InChI=1S/C22H28N6O2/c1-13(19-12-24-28(3)14(19)2)25-21(30)18-6-4-5-15-11-23-22(27-20(15)18)26-16-7-9-17(29)10-8-16/h4-6,11-13,16-17,29H,7-10H2,1-3H3,(H,25,30)(H,23,26,27). The number of anilines is 1. The van der Waals surface area contributed by atoms with Crippen molar-refractivity contribution in [3.8, 4) is 0 Å². The van der Waals surface area contributed by atoms with Crippen LogP contribution in [-0.2, 0) is 7.05 Å². The number of nitrogens with zero attached hydrogens (tertiary/aromatic N) is 4. The summed E-state index contributed by atoms with van der Waals surface area (Å²) in [5.41, 5.74) is 3.15. The van der Waals surface area contributed by atoms with Crippen LogP contribution < -0.4 is 10.6 Å². The van der Waals surface area contributed by atoms with Crippen molar-refractivity contribution < 1.29 is 9.90 Å². The number of aryl methyl sites for hydroxylation is 1. The molecule has 0 radical (unpaired) electrons. The second-order valence-electron chi connectivity index (χ2n) is 8.09. The number of hydrogen-bond acceptors (Lipinski definition) is 6. The molecule has 30 heavy (non-hydrogen) atoms. The normalized spacial score (nSPS) is 20.1. The van der Waals surface area contributed by atoms with Gasteiger partial charge >= 0.3 is 0 Å². The number of aliphatic hydroxyl groups is 1. The zero-order chi connectivity index (χ0) is 21.3. The van der Waals surface area contributed by atoms with Gasteiger partial charge in [0.05, 0.1) is 29.4 Å². The lowest BCUT2D eigenvalue weighted by molar-refractivity contribution is 0.0941. The van der Waals surface area contributed by atoms with E-state index in [-0.39, 0.29) is 24.1 Å². The Morgan fingerprint density at radius 2 is 2.00 bits per heavy atom. The summed E-state index contributed by atoms with van der Waals surface area (Å²) in [5, 5.41) is 21.2. The molecule has 0 bridgehead atoms. The summed E-state index contributed by atoms with van der Waals surface area (Å²) in [7, 11) is 1.89. The zero-order valence-corrected chi connectivity index (χ0v) is 17.6. The van der Waals surface area contributed by atoms with E-state index in [1.807, 2.05) is 33.0 Å². The highest BCUT2D eigenvalue weighted by molar-refractivity contribution is 6.05. The average Bonchev–Trinajstić information content (AvgIpc) is 3.07. The maximum absolute atomic E-state index is 13.1. The van der Waals surface area contributed by atoms with Crippen LogP contribution in [0.15, 0.2) is 30.6 Å². The van der Waals surface area contributed by atoms with Gasteiger partial charge in [0.25, 0.3) is 5.91 Å². The molecule has 1 unspecified atom stereocenters. The summed E-state index contributed by atoms with van der Waals surface area (Å²) in [6.07, 6.45) is 6.65. The SMILES string of the molecule is Cc1c(C(C)NC(=O)c2cccc3cnc(NC4CCC(O)CC4)nc23)cnn1C. The summed E-state index contributed by atoms with van der Waals surface area (Å²) >= 11 is 0. The van der Waals surface area contributed by atoms with Crippen LogP contribution in [0.4, 0.5) is 5.95 Å². The van der Waals surface area contributed by atoms with Gasteiger partial charge in [0.2, 0.25) is 5.95 Å². The largest absolute Gasteiger partial charge is 0.393 e. The van der Waals surface area contributed by atoms with Gasteiger partial charge in [-0.1, -0.05) is 12.1 Å². The monoisotopic (exact) mass is 408 g/mol. The molecule has 8 heteroatoms. The van der Waals surface area contributed by atoms with Crippen molar-refractivity contribution in [1.82, 2.24) is 25.1 Å². The lowest BCUT2D eigenvalue weighted by atomic mass is 9.93. The van der Waals surface area contributed by atoms with Crippen molar-refractivity contribution in [2.24, 2.45) is 7.05 Å². The molecule has 8 nitrogen and oxygen atoms in total. The number of nitrogens with one attached hydrogen (secondary N) is 2. The number of rotatable bonds is 5. The second kappa shape index (κ2) is 8.39. The molecular formula is C22H28N6O2. The number of benzene rings is 1. The number of fused-ring (bicyclic) bond motifs is 1. The number of aromatic nitrogens is 4. The maximum atomic E-state index is 13.1. The summed E-state index contributed by atoms with van der Waals surface area (Å²) in [6.45, 7) is 3.94. The van der Waals surface area contributed by atoms with Crippen LogP contribution in [-0.4, -0.2) is 42.9 Å². The fourth-order valence-electron chi connectivity index (χ4n) is 4.00. The Morgan fingerprint density at radius 1 is 1.23 bits per heavy atom. The molecule has 1 saturated carbocycles. The Balaban J connectivity index is 1.55. The highest BCUT2D eigenvalue weighted by Gasteiger charge is 2.21. The number of para-hydroxylation sites is 1. The third-order valence-corrected chi connectivity index (χ3v) is 5.97. The van der Waals surface area contributed by atoms with E-state index in [2.05, 4.69) is 25.7 Å². The van der Waals surface area contributed by atoms with E-state index in [1.54, 1.807) is 23.1 Å². The smallest absolute Gasteiger partial charge is 0.253 e. The van der Waals surface area contributed by atoms with Crippen LogP contribution in [0.2, 0.25) is 0 Å². The Morgan fingerprint density at radius 3 is 2.70 bits per heavy atom. The molecule has 3 aromatic rings. The van der Waals surface area contributed by atoms with Crippen LogP contribution >= 0.6 is 0 Å². The zero-order valence-electron chi connectivity index (χ0n) is 17.6. The van der Waals surface area contributed by atoms with E-state index < -0.39 is 0 Å². The first-order valence-corrected chi connectivity index (χ1v) is 10.4. The minimum atomic E-state index is -0.207. The van der Waals surface area contributed by atoms with E-state index in [4.69, 9.17) is 0 Å². The molecule has 1 aliphatic carbocycles. The molecule has 2 heterocycles. The van der Waals surface area contributed by atoms with E-state index in [0.717, 1.165) is 42.3 Å². The predicted octanol–water partition coefficient (Wildman–Crippen LogP) is 2.88. The Bertz CT molecular complexity index is 1050. The number of carbonyl (C=O) groups excluding carboxylic acids is 1. The lowest BCUT2D eigenvalue weighted by Gasteiger charge is -2.26. The fraction of sp³-hybridized carbons (Fsp3) is 0.455. The Hall–Kier alpha value is -3.00. The first-order chi connectivity index (χ1) is 14.4. The van der Waals surface area contributed by atoms with Crippen molar-refractivity contribution in [3.63, 3.8) is 0 Å². The van der Waals surface area contributed by atoms with Gasteiger partial charge in [0.15, 0.2) is 0 Å². The van der Waals surface area contributed by atoms with Gasteiger partial charge in [0.1, 0.15) is 0 Å². The molecule has 2 aromatic heterocycles. The summed E-state index contributed by atoms with van der Waals surface area (Å²) < 4.78 is 1.80. The molecule has 1 aromatic carbocycles. The third-order valence-electron chi connectivity index (χ3n) is 5.97. The molecule has 1 aliphatic rings. The fourth-order valence-corrected chi connectivity index (χ4v) is 4.00. The average molecular weight is 409 g/mol. The summed E-state index contributed by atoms with van der Waals surface area (Å²) in [4.78, 5) is 22.1. The molecule has 1 amide bonds. The van der Waals surface area contributed by atoms with E-state index >= 15 is 0 Å². The first kappa shape index (κ1) is 20.3. The van der Waals surface area contributed by atoms with Crippen LogP contribution in [0.3, 0.4) is 0 Å². The minimum Gasteiger partial charge on any atom is -0.393 e. The van der Waals surface area contributed by atoms with Gasteiger partial charge in [-0.15, -0.1) is 0 Å². The predicted molar refractivity (Wildman–Crippen MR) is 115 cm³/mol. The number of carbonyl (C=O) groups is 1. The molecule has 0 saturated heterocycles. The molecule has 1 atom stereocenters. The van der Waals surface area contributed by atoms with Crippen molar-refractivity contribution >= 4 is 22.8 Å². The van der Waals surface area contributed by atoms with Crippen molar-refractivity contribution in [2.45, 2.75) is 57.7 Å². The van der Waals surface area contributed by atoms with Crippen LogP contribution in [0, 0.1) is 6.92 Å². The maximum Gasteiger partial charge on any atom is 0.253 e. The molecule has 0 aliphatic heterocycles. The molecule has 3 N–H and O–H groups in total. The van der Waals surface area contributed by atoms with Gasteiger partial charge in [-0.3, -0.25) is 9.48 Å². The van der Waals surface area contributed by atoms with Gasteiger partial charge in [0, 0.05) is 35.9 Å². The number of hydrogen-bond donors (Lipinski definition) is 3. The topological polar surface area (TPSA) is 105 Å². The quantitative estimate of drug-likeness (QED) is 0.600. The van der Waals surface area contributed by atoms with Gasteiger partial charge < -0.3 is 15.7 Å². The Kier molecular flexibility index (Phi) is 5.67. The first-order valence-electron chi connectivity index (χ1n) is 10.4. The number of aliphatic hydroxyl groups excluding tert-OH is 1. The van der Waals surface area contributed by atoms with Gasteiger partial charge in [-0.05, 0) is 45.6 Å². The van der Waals surface area contributed by atoms with Gasteiger partial charge in [-0.2, -0.15) is 5.10 Å². The van der Waals surface area contributed by atoms with Crippen LogP contribution in [0.5, 0.6) is 0 Å². The van der Waals surface area contributed by atoms with E-state index in [1.165, 1.54) is 0 Å². The van der Waals surface area contributed by atoms with Crippen LogP contribution in [0.1, 0.15) is 60.3 Å². The van der Waals surface area contributed by atoms with Gasteiger partial charge in [-0.25, -0.2) is 9.97 Å². The summed E-state index contributed by atoms with van der Waals surface area (Å²) in [6, 6.07) is 5.60. The molecular weight excluding hydrogens is 380 g/mol. The molecule has 158 valence electrons. The van der Waals surface area contributed by atoms with Crippen molar-refractivity contribution in [2.75, 3.05) is 5.32 Å². The van der Waals surface area contributed by atoms with Crippen molar-refractivity contribution in [3.05, 3.63) is 47.4 Å². The summed E-state index contributed by atoms with van der Waals surface area (Å²) in [5.74, 6) is 0.335. The molecule has 4 rings (SSSR count). The van der Waals surface area contributed by atoms with Crippen LogP contribution in [0.25, 0.3) is 10.9 Å². The molecule has 0 spiro atoms. The highest BCUT2D eigenvalue weighted by Crippen LogP contribution is 2.23. The lowest BCUT2D eigenvalue weighted by Crippen LogP contribution is -2.29. The highest BCUT2D eigenvalue weighted by atomic mass is 16.3. The third kappa shape index (κ3) is 4.14. The van der Waals surface area contributed by atoms with Crippen molar-refractivity contribution in [1.29, 1.82) is 0 Å². The minimum absolute atomic E-state index is 0.172. The number of amides is 1. The Labute approximate surface area is 175 Å². The van der Waals surface area contributed by atoms with E-state index in [9.17, 15) is 9.90 Å². The van der Waals surface area contributed by atoms with E-state index in [0.29, 0.717) is 17.0 Å². The second-order valence-corrected chi connectivity index (χ2v) is 8.09.